The average molecular weight is 496 g/mol. The van der Waals surface area contributed by atoms with Crippen LogP contribution in [-0.2, 0) is 4.79 Å². The van der Waals surface area contributed by atoms with Gasteiger partial charge in [-0.25, -0.2) is 0 Å². The van der Waals surface area contributed by atoms with Crippen molar-refractivity contribution in [3.63, 3.8) is 0 Å². The number of aromatic nitrogens is 2. The molecule has 3 aromatic rings. The predicted molar refractivity (Wildman–Crippen MR) is 126 cm³/mol. The van der Waals surface area contributed by atoms with E-state index in [4.69, 9.17) is 23.4 Å². The molecule has 2 atom stereocenters. The van der Waals surface area contributed by atoms with Crippen LogP contribution in [0.2, 0.25) is 0 Å². The molecule has 9 nitrogen and oxygen atoms in total. The van der Waals surface area contributed by atoms with Crippen molar-refractivity contribution in [3.8, 4) is 23.0 Å². The van der Waals surface area contributed by atoms with E-state index in [0.717, 1.165) is 42.9 Å². The van der Waals surface area contributed by atoms with Crippen LogP contribution in [0.5, 0.6) is 23.0 Å². The Kier molecular flexibility index (Phi) is 6.12. The van der Waals surface area contributed by atoms with Crippen LogP contribution in [0.4, 0.5) is 0 Å². The van der Waals surface area contributed by atoms with Crippen molar-refractivity contribution in [1.29, 1.82) is 0 Å². The third kappa shape index (κ3) is 4.62. The molecule has 1 saturated heterocycles. The van der Waals surface area contributed by atoms with Gasteiger partial charge in [0.1, 0.15) is 6.61 Å². The molecule has 0 saturated carbocycles. The number of carbonyl (C=O) groups is 1. The fraction of sp³-hybridized carbons (Fsp3) is 0.400. The second kappa shape index (κ2) is 9.69. The van der Waals surface area contributed by atoms with Gasteiger partial charge < -0.3 is 28.3 Å². The Morgan fingerprint density at radius 3 is 2.71 bits per heavy atom. The quantitative estimate of drug-likeness (QED) is 0.483. The first-order valence-corrected chi connectivity index (χ1v) is 12.8. The van der Waals surface area contributed by atoms with Crippen molar-refractivity contribution in [2.45, 2.75) is 36.6 Å². The average Bonchev–Trinajstić information content (AvgIpc) is 3.52. The zero-order chi connectivity index (χ0) is 23.6. The first kappa shape index (κ1) is 22.1. The number of amides is 1. The Balaban J connectivity index is 1.08. The van der Waals surface area contributed by atoms with Crippen LogP contribution in [0.25, 0.3) is 0 Å². The summed E-state index contributed by atoms with van der Waals surface area (Å²) in [6, 6.07) is 13.5. The summed E-state index contributed by atoms with van der Waals surface area (Å²) >= 11 is 1.24. The third-order valence-corrected chi connectivity index (χ3v) is 7.06. The number of thioether (sulfide) groups is 1. The third-order valence-electron chi connectivity index (χ3n) is 6.25. The SMILES string of the molecule is O=C(CSc1nnc(C2COc3ccccc3O2)o1)N1CCCC1c1ccc2c(c1)OCCCO2. The van der Waals surface area contributed by atoms with Crippen LogP contribution in [0.3, 0.4) is 0 Å². The Bertz CT molecular complexity index is 1220. The van der Waals surface area contributed by atoms with E-state index in [9.17, 15) is 4.79 Å². The van der Waals surface area contributed by atoms with Gasteiger partial charge in [0.05, 0.1) is 25.0 Å². The van der Waals surface area contributed by atoms with Gasteiger partial charge in [0.15, 0.2) is 23.0 Å². The highest BCUT2D eigenvalue weighted by Crippen LogP contribution is 2.39. The van der Waals surface area contributed by atoms with Gasteiger partial charge in [0.2, 0.25) is 12.0 Å². The van der Waals surface area contributed by atoms with Crippen molar-refractivity contribution in [3.05, 3.63) is 53.9 Å². The molecule has 0 radical (unpaired) electrons. The minimum Gasteiger partial charge on any atom is -0.490 e. The van der Waals surface area contributed by atoms with Crippen molar-refractivity contribution in [2.75, 3.05) is 32.1 Å². The maximum atomic E-state index is 13.1. The second-order valence-corrected chi connectivity index (χ2v) is 9.49. The van der Waals surface area contributed by atoms with Gasteiger partial charge in [-0.1, -0.05) is 30.0 Å². The van der Waals surface area contributed by atoms with Crippen LogP contribution in [0.1, 0.15) is 42.9 Å². The molecule has 2 unspecified atom stereocenters. The second-order valence-electron chi connectivity index (χ2n) is 8.56. The largest absolute Gasteiger partial charge is 0.490 e. The number of fused-ring (bicyclic) bond motifs is 2. The van der Waals surface area contributed by atoms with Gasteiger partial charge >= 0.3 is 0 Å². The van der Waals surface area contributed by atoms with Crippen molar-refractivity contribution in [2.24, 2.45) is 0 Å². The topological polar surface area (TPSA) is 96.2 Å². The molecule has 3 aliphatic rings. The van der Waals surface area contributed by atoms with E-state index in [-0.39, 0.29) is 24.3 Å². The molecule has 0 bridgehead atoms. The molecular formula is C25H25N3O6S. The Morgan fingerprint density at radius 1 is 0.971 bits per heavy atom. The lowest BCUT2D eigenvalue weighted by Gasteiger charge is -2.25. The summed E-state index contributed by atoms with van der Waals surface area (Å²) < 4.78 is 29.0. The summed E-state index contributed by atoms with van der Waals surface area (Å²) in [7, 11) is 0. The Labute approximate surface area is 206 Å². The fourth-order valence-electron chi connectivity index (χ4n) is 4.56. The highest BCUT2D eigenvalue weighted by Gasteiger charge is 2.32. The van der Waals surface area contributed by atoms with E-state index >= 15 is 0 Å². The highest BCUT2D eigenvalue weighted by atomic mass is 32.2. The zero-order valence-electron chi connectivity index (χ0n) is 19.1. The maximum absolute atomic E-state index is 13.1. The van der Waals surface area contributed by atoms with Crippen molar-refractivity contribution < 1.29 is 28.2 Å². The van der Waals surface area contributed by atoms with Crippen LogP contribution in [-0.4, -0.2) is 53.1 Å². The van der Waals surface area contributed by atoms with Crippen LogP contribution in [0, 0.1) is 0 Å². The number of para-hydroxylation sites is 2. The van der Waals surface area contributed by atoms with Crippen LogP contribution >= 0.6 is 11.8 Å². The van der Waals surface area contributed by atoms with Gasteiger partial charge in [-0.05, 0) is 42.7 Å². The summed E-state index contributed by atoms with van der Waals surface area (Å²) in [5, 5.41) is 8.53. The van der Waals surface area contributed by atoms with E-state index in [0.29, 0.717) is 35.8 Å². The highest BCUT2D eigenvalue weighted by molar-refractivity contribution is 7.99. The molecule has 182 valence electrons. The van der Waals surface area contributed by atoms with E-state index in [2.05, 4.69) is 10.2 Å². The molecule has 3 aliphatic heterocycles. The lowest BCUT2D eigenvalue weighted by atomic mass is 10.0. The fourth-order valence-corrected chi connectivity index (χ4v) is 5.21. The molecule has 0 N–H and O–H groups in total. The number of nitrogens with zero attached hydrogens (tertiary/aromatic N) is 3. The molecule has 1 aromatic heterocycles. The number of likely N-dealkylation sites (tertiary alicyclic amines) is 1. The van der Waals surface area contributed by atoms with Crippen LogP contribution < -0.4 is 18.9 Å². The smallest absolute Gasteiger partial charge is 0.277 e. The molecule has 1 fully saturated rings. The first-order chi connectivity index (χ1) is 17.2. The number of rotatable bonds is 5. The maximum Gasteiger partial charge on any atom is 0.277 e. The molecule has 10 heteroatoms. The van der Waals surface area contributed by atoms with E-state index in [1.165, 1.54) is 11.8 Å². The standard InChI is InChI=1S/C25H25N3O6S/c29-23(28-10-3-5-17(28)16-8-9-19-21(13-16)31-12-4-11-30-19)15-35-25-27-26-24(34-25)22-14-32-18-6-1-2-7-20(18)33-22/h1-2,6-9,13,17,22H,3-5,10-12,14-15H2. The number of hydrogen-bond donors (Lipinski definition) is 0. The molecule has 1 amide bonds. The Morgan fingerprint density at radius 2 is 1.80 bits per heavy atom. The molecule has 35 heavy (non-hydrogen) atoms. The van der Waals surface area contributed by atoms with Gasteiger partial charge in [0, 0.05) is 13.0 Å². The molecule has 6 rings (SSSR count). The van der Waals surface area contributed by atoms with Crippen molar-refractivity contribution >= 4 is 17.7 Å². The predicted octanol–water partition coefficient (Wildman–Crippen LogP) is 4.20. The normalized spacial score (nSPS) is 21.0. The van der Waals surface area contributed by atoms with Crippen LogP contribution in [0.15, 0.2) is 52.1 Å². The van der Waals surface area contributed by atoms with Gasteiger partial charge in [-0.3, -0.25) is 4.79 Å². The number of ether oxygens (including phenoxy) is 4. The number of hydrogen-bond acceptors (Lipinski definition) is 9. The van der Waals surface area contributed by atoms with E-state index in [1.54, 1.807) is 0 Å². The van der Waals surface area contributed by atoms with E-state index in [1.807, 2.05) is 47.4 Å². The number of carbonyl (C=O) groups excluding carboxylic acids is 1. The molecule has 4 heterocycles. The minimum atomic E-state index is -0.482. The van der Waals surface area contributed by atoms with E-state index < -0.39 is 6.10 Å². The molecule has 2 aromatic carbocycles. The molecular weight excluding hydrogens is 470 g/mol. The summed E-state index contributed by atoms with van der Waals surface area (Å²) in [5.74, 6) is 3.44. The zero-order valence-corrected chi connectivity index (χ0v) is 19.9. The van der Waals surface area contributed by atoms with Gasteiger partial charge in [-0.2, -0.15) is 0 Å². The first-order valence-electron chi connectivity index (χ1n) is 11.8. The summed E-state index contributed by atoms with van der Waals surface area (Å²) in [6.07, 6.45) is 2.26. The lowest BCUT2D eigenvalue weighted by molar-refractivity contribution is -0.129. The molecule has 0 aliphatic carbocycles. The summed E-state index contributed by atoms with van der Waals surface area (Å²) in [4.78, 5) is 15.0. The monoisotopic (exact) mass is 495 g/mol. The van der Waals surface area contributed by atoms with Gasteiger partial charge in [0.25, 0.3) is 11.1 Å². The summed E-state index contributed by atoms with van der Waals surface area (Å²) in [5.41, 5.74) is 1.07. The van der Waals surface area contributed by atoms with Gasteiger partial charge in [-0.15, -0.1) is 10.2 Å². The summed E-state index contributed by atoms with van der Waals surface area (Å²) in [6.45, 7) is 2.30. The Hall–Kier alpha value is -3.40. The lowest BCUT2D eigenvalue weighted by Crippen LogP contribution is -2.32. The number of benzene rings is 2. The molecule has 0 spiro atoms. The minimum absolute atomic E-state index is 0.0198. The van der Waals surface area contributed by atoms with Crippen molar-refractivity contribution in [1.82, 2.24) is 15.1 Å².